The zero-order valence-electron chi connectivity index (χ0n) is 14.9. The normalized spacial score (nSPS) is 21.1. The summed E-state index contributed by atoms with van der Waals surface area (Å²) in [6, 6.07) is 9.29. The number of carbonyl (C=O) groups excluding carboxylic acids is 1. The van der Waals surface area contributed by atoms with Crippen LogP contribution < -0.4 is 0 Å². The van der Waals surface area contributed by atoms with Crippen LogP contribution in [0.4, 0.5) is 0 Å². The van der Waals surface area contributed by atoms with E-state index in [0.717, 1.165) is 12.8 Å². The van der Waals surface area contributed by atoms with Crippen LogP contribution in [-0.4, -0.2) is 12.6 Å². The predicted molar refractivity (Wildman–Crippen MR) is 95.6 cm³/mol. The lowest BCUT2D eigenvalue weighted by Crippen LogP contribution is -2.17. The van der Waals surface area contributed by atoms with Gasteiger partial charge in [0.05, 0.1) is 6.61 Å². The van der Waals surface area contributed by atoms with Crippen LogP contribution in [0, 0.1) is 5.92 Å². The minimum absolute atomic E-state index is 0.0209. The Morgan fingerprint density at radius 3 is 2.35 bits per heavy atom. The van der Waals surface area contributed by atoms with Gasteiger partial charge in [0, 0.05) is 6.42 Å². The second kappa shape index (κ2) is 9.75. The predicted octanol–water partition coefficient (Wildman–Crippen LogP) is 5.65. The van der Waals surface area contributed by atoms with Crippen molar-refractivity contribution in [2.75, 3.05) is 6.61 Å². The molecule has 1 aromatic carbocycles. The average molecular weight is 316 g/mol. The maximum atomic E-state index is 11.6. The van der Waals surface area contributed by atoms with E-state index >= 15 is 0 Å². The van der Waals surface area contributed by atoms with Gasteiger partial charge < -0.3 is 4.74 Å². The van der Waals surface area contributed by atoms with E-state index in [0.29, 0.717) is 24.9 Å². The Balaban J connectivity index is 1.77. The number of rotatable bonds is 8. The molecule has 0 aromatic heterocycles. The van der Waals surface area contributed by atoms with E-state index in [-0.39, 0.29) is 5.97 Å². The third kappa shape index (κ3) is 6.01. The molecule has 0 aliphatic heterocycles. The first-order valence-corrected chi connectivity index (χ1v) is 9.47. The first-order valence-electron chi connectivity index (χ1n) is 9.47. The maximum absolute atomic E-state index is 11.6. The second-order valence-electron chi connectivity index (χ2n) is 6.93. The van der Waals surface area contributed by atoms with E-state index in [1.54, 1.807) is 0 Å². The summed E-state index contributed by atoms with van der Waals surface area (Å²) >= 11 is 0. The van der Waals surface area contributed by atoms with Crippen LogP contribution in [0.15, 0.2) is 24.3 Å². The van der Waals surface area contributed by atoms with Gasteiger partial charge in [-0.1, -0.05) is 44.0 Å². The largest absolute Gasteiger partial charge is 0.466 e. The van der Waals surface area contributed by atoms with Crippen molar-refractivity contribution < 1.29 is 9.53 Å². The van der Waals surface area contributed by atoms with Crippen molar-refractivity contribution in [1.82, 2.24) is 0 Å². The van der Waals surface area contributed by atoms with Gasteiger partial charge in [0.1, 0.15) is 0 Å². The van der Waals surface area contributed by atoms with Gasteiger partial charge >= 0.3 is 5.97 Å². The highest BCUT2D eigenvalue weighted by atomic mass is 16.5. The van der Waals surface area contributed by atoms with Crippen molar-refractivity contribution in [3.63, 3.8) is 0 Å². The van der Waals surface area contributed by atoms with Gasteiger partial charge in [0.2, 0.25) is 0 Å². The summed E-state index contributed by atoms with van der Waals surface area (Å²) in [5, 5.41) is 0. The molecule has 128 valence electrons. The Labute approximate surface area is 141 Å². The molecule has 2 heteroatoms. The molecule has 0 saturated heterocycles. The minimum Gasteiger partial charge on any atom is -0.466 e. The minimum atomic E-state index is -0.0209. The number of carbonyl (C=O) groups is 1. The van der Waals surface area contributed by atoms with Crippen LogP contribution in [0.5, 0.6) is 0 Å². The summed E-state index contributed by atoms with van der Waals surface area (Å²) in [6.45, 7) is 4.63. The Kier molecular flexibility index (Phi) is 7.64. The van der Waals surface area contributed by atoms with E-state index < -0.39 is 0 Å². The number of benzene rings is 1. The Morgan fingerprint density at radius 2 is 1.74 bits per heavy atom. The van der Waals surface area contributed by atoms with Crippen molar-refractivity contribution in [1.29, 1.82) is 0 Å². The summed E-state index contributed by atoms with van der Waals surface area (Å²) in [6.07, 6.45) is 10.5. The Bertz CT molecular complexity index is 455. The highest BCUT2D eigenvalue weighted by Crippen LogP contribution is 2.37. The molecule has 1 saturated carbocycles. The van der Waals surface area contributed by atoms with Crippen LogP contribution in [0.2, 0.25) is 0 Å². The molecular weight excluding hydrogens is 284 g/mol. The average Bonchev–Trinajstić information content (AvgIpc) is 2.57. The van der Waals surface area contributed by atoms with Gasteiger partial charge in [-0.3, -0.25) is 4.79 Å². The standard InChI is InChI=1S/C21H32O2/c1-3-5-6-7-17-8-12-19(13-9-17)20-14-10-18(11-15-20)16-21(22)23-4-2/h8-9,12-13,18,20H,3-7,10-11,14-16H2,1-2H3. The molecule has 1 aromatic rings. The molecule has 0 spiro atoms. The molecule has 0 N–H and O–H groups in total. The molecule has 2 nitrogen and oxygen atoms in total. The van der Waals surface area contributed by atoms with Crippen molar-refractivity contribution in [3.8, 4) is 0 Å². The number of ether oxygens (including phenoxy) is 1. The maximum Gasteiger partial charge on any atom is 0.306 e. The molecular formula is C21H32O2. The van der Waals surface area contributed by atoms with E-state index in [1.165, 1.54) is 49.7 Å². The van der Waals surface area contributed by atoms with Crippen molar-refractivity contribution in [2.45, 2.75) is 77.6 Å². The van der Waals surface area contributed by atoms with E-state index in [4.69, 9.17) is 4.74 Å². The fourth-order valence-corrected chi connectivity index (χ4v) is 3.69. The van der Waals surface area contributed by atoms with E-state index in [9.17, 15) is 4.79 Å². The fourth-order valence-electron chi connectivity index (χ4n) is 3.69. The molecule has 0 atom stereocenters. The number of hydrogen-bond acceptors (Lipinski definition) is 2. The Hall–Kier alpha value is -1.31. The molecule has 1 aliphatic rings. The van der Waals surface area contributed by atoms with Crippen LogP contribution in [0.3, 0.4) is 0 Å². The van der Waals surface area contributed by atoms with E-state index in [1.807, 2.05) is 6.92 Å². The number of aryl methyl sites for hydroxylation is 1. The van der Waals surface area contributed by atoms with Crippen molar-refractivity contribution >= 4 is 5.97 Å². The van der Waals surface area contributed by atoms with Gasteiger partial charge in [0.15, 0.2) is 0 Å². The first kappa shape index (κ1) is 18.0. The third-order valence-corrected chi connectivity index (χ3v) is 5.13. The number of esters is 1. The van der Waals surface area contributed by atoms with Crippen LogP contribution in [0.1, 0.15) is 82.3 Å². The second-order valence-corrected chi connectivity index (χ2v) is 6.93. The van der Waals surface area contributed by atoms with Crippen LogP contribution in [0.25, 0.3) is 0 Å². The summed E-state index contributed by atoms with van der Waals surface area (Å²) in [4.78, 5) is 11.6. The zero-order chi connectivity index (χ0) is 16.5. The summed E-state index contributed by atoms with van der Waals surface area (Å²) < 4.78 is 5.07. The smallest absolute Gasteiger partial charge is 0.306 e. The molecule has 0 bridgehead atoms. The molecule has 0 heterocycles. The Morgan fingerprint density at radius 1 is 1.04 bits per heavy atom. The van der Waals surface area contributed by atoms with E-state index in [2.05, 4.69) is 31.2 Å². The number of hydrogen-bond donors (Lipinski definition) is 0. The van der Waals surface area contributed by atoms with Crippen LogP contribution in [-0.2, 0) is 16.0 Å². The molecule has 1 fully saturated rings. The van der Waals surface area contributed by atoms with Crippen LogP contribution >= 0.6 is 0 Å². The van der Waals surface area contributed by atoms with Crippen molar-refractivity contribution in [2.24, 2.45) is 5.92 Å². The SMILES string of the molecule is CCCCCc1ccc(C2CCC(CC(=O)OCC)CC2)cc1. The first-order chi connectivity index (χ1) is 11.2. The highest BCUT2D eigenvalue weighted by molar-refractivity contribution is 5.69. The zero-order valence-corrected chi connectivity index (χ0v) is 14.9. The molecule has 2 rings (SSSR count). The lowest BCUT2D eigenvalue weighted by molar-refractivity contribution is -0.144. The third-order valence-electron chi connectivity index (χ3n) is 5.13. The molecule has 0 amide bonds. The van der Waals surface area contributed by atoms with Gasteiger partial charge in [-0.05, 0) is 68.4 Å². The summed E-state index contributed by atoms with van der Waals surface area (Å²) in [5.41, 5.74) is 2.96. The number of unbranched alkanes of at least 4 members (excludes halogenated alkanes) is 2. The molecule has 1 aliphatic carbocycles. The molecule has 23 heavy (non-hydrogen) atoms. The quantitative estimate of drug-likeness (QED) is 0.458. The highest BCUT2D eigenvalue weighted by Gasteiger charge is 2.24. The van der Waals surface area contributed by atoms with Crippen molar-refractivity contribution in [3.05, 3.63) is 35.4 Å². The van der Waals surface area contributed by atoms with Gasteiger partial charge in [-0.25, -0.2) is 0 Å². The fraction of sp³-hybridized carbons (Fsp3) is 0.667. The molecule has 0 radical (unpaired) electrons. The lowest BCUT2D eigenvalue weighted by atomic mass is 9.77. The summed E-state index contributed by atoms with van der Waals surface area (Å²) in [5.74, 6) is 1.18. The lowest BCUT2D eigenvalue weighted by Gasteiger charge is -2.28. The van der Waals surface area contributed by atoms with Gasteiger partial charge in [-0.2, -0.15) is 0 Å². The monoisotopic (exact) mass is 316 g/mol. The summed E-state index contributed by atoms with van der Waals surface area (Å²) in [7, 11) is 0. The van der Waals surface area contributed by atoms with Gasteiger partial charge in [-0.15, -0.1) is 0 Å². The molecule has 0 unspecified atom stereocenters. The van der Waals surface area contributed by atoms with Gasteiger partial charge in [0.25, 0.3) is 0 Å². The topological polar surface area (TPSA) is 26.3 Å².